The zero-order chi connectivity index (χ0) is 10.7. The molecule has 4 unspecified atom stereocenters. The van der Waals surface area contributed by atoms with Crippen LogP contribution in [0.2, 0.25) is 0 Å². The van der Waals surface area contributed by atoms with E-state index in [-0.39, 0.29) is 6.61 Å². The van der Waals surface area contributed by atoms with Crippen molar-refractivity contribution in [2.45, 2.75) is 52.1 Å². The lowest BCUT2D eigenvalue weighted by Gasteiger charge is -2.39. The van der Waals surface area contributed by atoms with Crippen molar-refractivity contribution < 1.29 is 5.11 Å². The van der Waals surface area contributed by atoms with E-state index in [2.05, 4.69) is 32.7 Å². The Bertz CT molecular complexity index is 172. The molecule has 0 aliphatic heterocycles. The van der Waals surface area contributed by atoms with Crippen molar-refractivity contribution >= 4 is 0 Å². The third-order valence-electron chi connectivity index (χ3n) is 4.11. The van der Waals surface area contributed by atoms with Crippen molar-refractivity contribution in [3.05, 3.63) is 0 Å². The average molecular weight is 199 g/mol. The van der Waals surface area contributed by atoms with Crippen LogP contribution in [0.1, 0.15) is 40.0 Å². The van der Waals surface area contributed by atoms with Crippen LogP contribution in [0.5, 0.6) is 0 Å². The summed E-state index contributed by atoms with van der Waals surface area (Å²) in [5.74, 6) is 1.71. The molecular weight excluding hydrogens is 174 g/mol. The number of rotatable bonds is 3. The summed E-state index contributed by atoms with van der Waals surface area (Å²) >= 11 is 0. The van der Waals surface area contributed by atoms with E-state index in [4.69, 9.17) is 5.11 Å². The molecule has 0 aromatic carbocycles. The third-order valence-corrected chi connectivity index (χ3v) is 4.11. The van der Waals surface area contributed by atoms with Gasteiger partial charge in [0.2, 0.25) is 0 Å². The van der Waals surface area contributed by atoms with Gasteiger partial charge in [0.15, 0.2) is 0 Å². The SMILES string of the molecule is CC1CCC(N(C)C(C)CO)CC1C. The highest BCUT2D eigenvalue weighted by Gasteiger charge is 2.28. The molecule has 1 fully saturated rings. The van der Waals surface area contributed by atoms with E-state index in [1.165, 1.54) is 19.3 Å². The van der Waals surface area contributed by atoms with Crippen LogP contribution < -0.4 is 0 Å². The van der Waals surface area contributed by atoms with E-state index in [9.17, 15) is 0 Å². The first kappa shape index (κ1) is 12.0. The molecule has 0 heterocycles. The first-order chi connectivity index (χ1) is 6.56. The monoisotopic (exact) mass is 199 g/mol. The lowest BCUT2D eigenvalue weighted by Crippen LogP contribution is -2.43. The minimum atomic E-state index is 0.275. The van der Waals surface area contributed by atoms with Gasteiger partial charge >= 0.3 is 0 Å². The molecule has 84 valence electrons. The van der Waals surface area contributed by atoms with Crippen LogP contribution in [-0.2, 0) is 0 Å². The van der Waals surface area contributed by atoms with E-state index >= 15 is 0 Å². The topological polar surface area (TPSA) is 23.5 Å². The maximum atomic E-state index is 9.11. The predicted molar refractivity (Wildman–Crippen MR) is 60.3 cm³/mol. The van der Waals surface area contributed by atoms with Crippen LogP contribution in [0.15, 0.2) is 0 Å². The first-order valence-corrected chi connectivity index (χ1v) is 5.89. The summed E-state index contributed by atoms with van der Waals surface area (Å²) < 4.78 is 0. The van der Waals surface area contributed by atoms with Gasteiger partial charge in [0.05, 0.1) is 6.61 Å². The Morgan fingerprint density at radius 3 is 2.43 bits per heavy atom. The number of hydrogen-bond donors (Lipinski definition) is 1. The fraction of sp³-hybridized carbons (Fsp3) is 1.00. The average Bonchev–Trinajstić information content (AvgIpc) is 2.20. The number of aliphatic hydroxyl groups is 1. The minimum absolute atomic E-state index is 0.275. The second-order valence-electron chi connectivity index (χ2n) is 5.12. The van der Waals surface area contributed by atoms with Crippen molar-refractivity contribution in [1.82, 2.24) is 4.90 Å². The fourth-order valence-corrected chi connectivity index (χ4v) is 2.38. The zero-order valence-corrected chi connectivity index (χ0v) is 10.0. The van der Waals surface area contributed by atoms with Crippen molar-refractivity contribution in [1.29, 1.82) is 0 Å². The van der Waals surface area contributed by atoms with E-state index in [0.717, 1.165) is 11.8 Å². The molecule has 2 nitrogen and oxygen atoms in total. The summed E-state index contributed by atoms with van der Waals surface area (Å²) in [4.78, 5) is 2.35. The summed E-state index contributed by atoms with van der Waals surface area (Å²) in [7, 11) is 2.15. The van der Waals surface area contributed by atoms with Gasteiger partial charge in [0.1, 0.15) is 0 Å². The van der Waals surface area contributed by atoms with Gasteiger partial charge in [-0.05, 0) is 45.1 Å². The Kier molecular flexibility index (Phi) is 4.39. The molecular formula is C12H25NO. The van der Waals surface area contributed by atoms with E-state index in [1.54, 1.807) is 0 Å². The maximum absolute atomic E-state index is 9.11. The molecule has 2 heteroatoms. The second kappa shape index (κ2) is 5.13. The minimum Gasteiger partial charge on any atom is -0.395 e. The summed E-state index contributed by atoms with van der Waals surface area (Å²) in [6, 6.07) is 0.990. The lowest BCUT2D eigenvalue weighted by atomic mass is 9.78. The van der Waals surface area contributed by atoms with Gasteiger partial charge in [0, 0.05) is 12.1 Å². The molecule has 0 bridgehead atoms. The van der Waals surface area contributed by atoms with Crippen molar-refractivity contribution in [3.8, 4) is 0 Å². The Balaban J connectivity index is 2.45. The number of likely N-dealkylation sites (N-methyl/N-ethyl adjacent to an activating group) is 1. The first-order valence-electron chi connectivity index (χ1n) is 5.89. The van der Waals surface area contributed by atoms with Gasteiger partial charge in [-0.3, -0.25) is 4.90 Å². The van der Waals surface area contributed by atoms with Gasteiger partial charge < -0.3 is 5.11 Å². The molecule has 0 aromatic heterocycles. The smallest absolute Gasteiger partial charge is 0.0584 e. The van der Waals surface area contributed by atoms with Crippen molar-refractivity contribution in [2.24, 2.45) is 11.8 Å². The summed E-state index contributed by atoms with van der Waals surface area (Å²) in [5.41, 5.74) is 0. The standard InChI is InChI=1S/C12H25NO/c1-9-5-6-12(7-10(9)2)13(4)11(3)8-14/h9-12,14H,5-8H2,1-4H3. The predicted octanol–water partition coefficient (Wildman–Crippen LogP) is 2.12. The van der Waals surface area contributed by atoms with Gasteiger partial charge in [-0.15, -0.1) is 0 Å². The highest BCUT2D eigenvalue weighted by Crippen LogP contribution is 2.32. The second-order valence-corrected chi connectivity index (χ2v) is 5.12. The molecule has 1 aliphatic rings. The van der Waals surface area contributed by atoms with Crippen LogP contribution in [0.3, 0.4) is 0 Å². The molecule has 14 heavy (non-hydrogen) atoms. The molecule has 1 rings (SSSR count). The number of hydrogen-bond acceptors (Lipinski definition) is 2. The molecule has 1 N–H and O–H groups in total. The molecule has 0 saturated heterocycles. The normalized spacial score (nSPS) is 36.0. The van der Waals surface area contributed by atoms with Gasteiger partial charge in [-0.2, -0.15) is 0 Å². The summed E-state index contributed by atoms with van der Waals surface area (Å²) in [6.45, 7) is 7.09. The van der Waals surface area contributed by atoms with Crippen LogP contribution in [-0.4, -0.2) is 35.7 Å². The molecule has 1 aliphatic carbocycles. The van der Waals surface area contributed by atoms with E-state index in [1.807, 2.05) is 0 Å². The molecule has 4 atom stereocenters. The largest absolute Gasteiger partial charge is 0.395 e. The summed E-state index contributed by atoms with van der Waals surface area (Å²) in [5, 5.41) is 9.11. The number of aliphatic hydroxyl groups excluding tert-OH is 1. The molecule has 0 amide bonds. The zero-order valence-electron chi connectivity index (χ0n) is 10.0. The highest BCUT2D eigenvalue weighted by molar-refractivity contribution is 4.82. The van der Waals surface area contributed by atoms with Gasteiger partial charge in [-0.1, -0.05) is 13.8 Å². The molecule has 0 aromatic rings. The Morgan fingerprint density at radius 1 is 1.29 bits per heavy atom. The van der Waals surface area contributed by atoms with Gasteiger partial charge in [0.25, 0.3) is 0 Å². The molecule has 0 radical (unpaired) electrons. The van der Waals surface area contributed by atoms with Crippen molar-refractivity contribution in [2.75, 3.05) is 13.7 Å². The van der Waals surface area contributed by atoms with E-state index < -0.39 is 0 Å². The van der Waals surface area contributed by atoms with Crippen LogP contribution >= 0.6 is 0 Å². The lowest BCUT2D eigenvalue weighted by molar-refractivity contribution is 0.0729. The fourth-order valence-electron chi connectivity index (χ4n) is 2.38. The third kappa shape index (κ3) is 2.71. The van der Waals surface area contributed by atoms with E-state index in [0.29, 0.717) is 12.1 Å². The van der Waals surface area contributed by atoms with Crippen LogP contribution in [0.25, 0.3) is 0 Å². The quantitative estimate of drug-likeness (QED) is 0.752. The summed E-state index contributed by atoms with van der Waals surface area (Å²) in [6.07, 6.45) is 3.93. The maximum Gasteiger partial charge on any atom is 0.0584 e. The number of nitrogens with zero attached hydrogens (tertiary/aromatic N) is 1. The molecule has 0 spiro atoms. The Morgan fingerprint density at radius 2 is 1.93 bits per heavy atom. The van der Waals surface area contributed by atoms with Crippen LogP contribution in [0.4, 0.5) is 0 Å². The Labute approximate surface area is 88.3 Å². The van der Waals surface area contributed by atoms with Crippen molar-refractivity contribution in [3.63, 3.8) is 0 Å². The Hall–Kier alpha value is -0.0800. The van der Waals surface area contributed by atoms with Gasteiger partial charge in [-0.25, -0.2) is 0 Å². The highest BCUT2D eigenvalue weighted by atomic mass is 16.3. The molecule has 1 saturated carbocycles. The van der Waals surface area contributed by atoms with Crippen LogP contribution in [0, 0.1) is 11.8 Å².